The normalized spacial score (nSPS) is 9.65. The highest BCUT2D eigenvalue weighted by atomic mass is 35.5. The Morgan fingerprint density at radius 2 is 2.25 bits per heavy atom. The van der Waals surface area contributed by atoms with Crippen molar-refractivity contribution in [1.29, 1.82) is 5.26 Å². The molecule has 0 saturated carbocycles. The van der Waals surface area contributed by atoms with Crippen molar-refractivity contribution in [2.75, 3.05) is 12.4 Å². The molecule has 1 aromatic carbocycles. The summed E-state index contributed by atoms with van der Waals surface area (Å²) in [5.41, 5.74) is 1.22. The van der Waals surface area contributed by atoms with Crippen molar-refractivity contribution in [1.82, 2.24) is 4.98 Å². The van der Waals surface area contributed by atoms with Gasteiger partial charge in [-0.05, 0) is 18.2 Å². The van der Waals surface area contributed by atoms with Crippen LogP contribution in [0.1, 0.15) is 15.9 Å². The predicted octanol–water partition coefficient (Wildman–Crippen LogP) is 2.87. The molecule has 2 aromatic rings. The van der Waals surface area contributed by atoms with Gasteiger partial charge in [0.05, 0.1) is 35.0 Å². The van der Waals surface area contributed by atoms with Crippen molar-refractivity contribution in [2.45, 2.75) is 0 Å². The second-order valence-electron chi connectivity index (χ2n) is 3.84. The van der Waals surface area contributed by atoms with Crippen molar-refractivity contribution >= 4 is 23.2 Å². The quantitative estimate of drug-likeness (QED) is 0.942. The number of aromatic nitrogens is 1. The van der Waals surface area contributed by atoms with E-state index in [1.165, 1.54) is 25.6 Å². The Labute approximate surface area is 120 Å². The van der Waals surface area contributed by atoms with E-state index in [0.717, 1.165) is 0 Å². The van der Waals surface area contributed by atoms with Crippen LogP contribution in [0.3, 0.4) is 0 Å². The zero-order valence-electron chi connectivity index (χ0n) is 10.6. The van der Waals surface area contributed by atoms with Crippen LogP contribution in [0.2, 0.25) is 5.02 Å². The van der Waals surface area contributed by atoms with Gasteiger partial charge >= 0.3 is 0 Å². The molecule has 1 amide bonds. The maximum Gasteiger partial charge on any atom is 0.257 e. The first-order valence-corrected chi connectivity index (χ1v) is 6.02. The summed E-state index contributed by atoms with van der Waals surface area (Å²) in [6.07, 6.45) is 2.88. The fraction of sp³-hybridized carbons (Fsp3) is 0.0714. The molecule has 1 heterocycles. The molecule has 5 nitrogen and oxygen atoms in total. The number of pyridine rings is 1. The summed E-state index contributed by atoms with van der Waals surface area (Å²) in [5, 5.41) is 11.8. The van der Waals surface area contributed by atoms with Crippen LogP contribution < -0.4 is 10.1 Å². The average molecular weight is 288 g/mol. The summed E-state index contributed by atoms with van der Waals surface area (Å²) in [7, 11) is 1.46. The molecule has 0 fully saturated rings. The van der Waals surface area contributed by atoms with Gasteiger partial charge in [0.15, 0.2) is 0 Å². The maximum absolute atomic E-state index is 12.1. The second kappa shape index (κ2) is 6.04. The fourth-order valence-corrected chi connectivity index (χ4v) is 1.82. The fourth-order valence-electron chi connectivity index (χ4n) is 1.61. The molecule has 20 heavy (non-hydrogen) atoms. The topological polar surface area (TPSA) is 75.0 Å². The van der Waals surface area contributed by atoms with E-state index in [0.29, 0.717) is 22.6 Å². The van der Waals surface area contributed by atoms with Gasteiger partial charge in [-0.2, -0.15) is 5.26 Å². The standard InChI is InChI=1S/C14H10ClN3O2/c1-20-13-6-9(7-16)2-3-12(13)18-14(19)10-4-5-17-8-11(10)15/h2-6,8H,1H3,(H,18,19). The largest absolute Gasteiger partial charge is 0.495 e. The third-order valence-corrected chi connectivity index (χ3v) is 2.90. The number of nitrogens with zero attached hydrogens (tertiary/aromatic N) is 2. The number of carbonyl (C=O) groups excluding carboxylic acids is 1. The molecule has 1 N–H and O–H groups in total. The van der Waals surface area contributed by atoms with E-state index in [1.54, 1.807) is 18.2 Å². The van der Waals surface area contributed by atoms with Gasteiger partial charge in [0.1, 0.15) is 5.75 Å². The molecule has 0 atom stereocenters. The predicted molar refractivity (Wildman–Crippen MR) is 74.9 cm³/mol. The van der Waals surface area contributed by atoms with Crippen molar-refractivity contribution < 1.29 is 9.53 Å². The summed E-state index contributed by atoms with van der Waals surface area (Å²) >= 11 is 5.91. The molecule has 1 aromatic heterocycles. The minimum absolute atomic E-state index is 0.262. The van der Waals surface area contributed by atoms with E-state index >= 15 is 0 Å². The Morgan fingerprint density at radius 1 is 1.45 bits per heavy atom. The Morgan fingerprint density at radius 3 is 2.90 bits per heavy atom. The lowest BCUT2D eigenvalue weighted by molar-refractivity contribution is 0.102. The first kappa shape index (κ1) is 13.8. The monoisotopic (exact) mass is 287 g/mol. The highest BCUT2D eigenvalue weighted by Crippen LogP contribution is 2.26. The lowest BCUT2D eigenvalue weighted by Gasteiger charge is -2.10. The average Bonchev–Trinajstić information content (AvgIpc) is 2.48. The van der Waals surface area contributed by atoms with Crippen LogP contribution in [0.25, 0.3) is 0 Å². The summed E-state index contributed by atoms with van der Waals surface area (Å²) < 4.78 is 5.14. The van der Waals surface area contributed by atoms with E-state index in [1.807, 2.05) is 6.07 Å². The summed E-state index contributed by atoms with van der Waals surface area (Å²) in [5.74, 6) is 0.0305. The Kier molecular flexibility index (Phi) is 4.18. The summed E-state index contributed by atoms with van der Waals surface area (Å²) in [4.78, 5) is 15.9. The minimum Gasteiger partial charge on any atom is -0.495 e. The van der Waals surface area contributed by atoms with Gasteiger partial charge in [0.2, 0.25) is 0 Å². The van der Waals surface area contributed by atoms with Gasteiger partial charge in [-0.3, -0.25) is 9.78 Å². The van der Waals surface area contributed by atoms with E-state index in [2.05, 4.69) is 10.3 Å². The number of carbonyl (C=O) groups is 1. The number of ether oxygens (including phenoxy) is 1. The number of hydrogen-bond acceptors (Lipinski definition) is 4. The third-order valence-electron chi connectivity index (χ3n) is 2.60. The van der Waals surface area contributed by atoms with Crippen molar-refractivity contribution in [3.8, 4) is 11.8 Å². The number of nitrogens with one attached hydrogen (secondary N) is 1. The SMILES string of the molecule is COc1cc(C#N)ccc1NC(=O)c1ccncc1Cl. The molecule has 0 saturated heterocycles. The third kappa shape index (κ3) is 2.87. The lowest BCUT2D eigenvalue weighted by atomic mass is 10.2. The first-order chi connectivity index (χ1) is 9.65. The zero-order chi connectivity index (χ0) is 14.5. The number of nitriles is 1. The first-order valence-electron chi connectivity index (χ1n) is 5.64. The zero-order valence-corrected chi connectivity index (χ0v) is 11.3. The van der Waals surface area contributed by atoms with Crippen LogP contribution in [-0.4, -0.2) is 18.0 Å². The van der Waals surface area contributed by atoms with E-state index in [9.17, 15) is 4.79 Å². The van der Waals surface area contributed by atoms with Gasteiger partial charge in [-0.25, -0.2) is 0 Å². The van der Waals surface area contributed by atoms with Gasteiger partial charge in [-0.1, -0.05) is 11.6 Å². The van der Waals surface area contributed by atoms with Crippen LogP contribution in [-0.2, 0) is 0 Å². The molecule has 0 spiro atoms. The van der Waals surface area contributed by atoms with Crippen LogP contribution in [0, 0.1) is 11.3 Å². The van der Waals surface area contributed by atoms with E-state index < -0.39 is 0 Å². The second-order valence-corrected chi connectivity index (χ2v) is 4.24. The molecule has 0 bridgehead atoms. The highest BCUT2D eigenvalue weighted by molar-refractivity contribution is 6.34. The number of halogens is 1. The molecule has 0 aliphatic rings. The summed E-state index contributed by atoms with van der Waals surface area (Å²) in [6.45, 7) is 0. The minimum atomic E-state index is -0.375. The number of rotatable bonds is 3. The number of benzene rings is 1. The molecule has 0 radical (unpaired) electrons. The number of amides is 1. The van der Waals surface area contributed by atoms with Gasteiger partial charge < -0.3 is 10.1 Å². The molecular weight excluding hydrogens is 278 g/mol. The Balaban J connectivity index is 2.29. The number of hydrogen-bond donors (Lipinski definition) is 1. The van der Waals surface area contributed by atoms with Crippen molar-refractivity contribution in [2.24, 2.45) is 0 Å². The maximum atomic E-state index is 12.1. The van der Waals surface area contributed by atoms with E-state index in [-0.39, 0.29) is 10.9 Å². The van der Waals surface area contributed by atoms with Gasteiger partial charge in [-0.15, -0.1) is 0 Å². The van der Waals surface area contributed by atoms with Gasteiger partial charge in [0.25, 0.3) is 5.91 Å². The molecule has 0 unspecified atom stereocenters. The van der Waals surface area contributed by atoms with Crippen molar-refractivity contribution in [3.05, 3.63) is 52.8 Å². The molecule has 100 valence electrons. The van der Waals surface area contributed by atoms with E-state index in [4.69, 9.17) is 21.6 Å². The molecular formula is C14H10ClN3O2. The Bertz CT molecular complexity index is 695. The van der Waals surface area contributed by atoms with Gasteiger partial charge in [0, 0.05) is 18.5 Å². The summed E-state index contributed by atoms with van der Waals surface area (Å²) in [6, 6.07) is 8.26. The van der Waals surface area contributed by atoms with Crippen LogP contribution in [0.4, 0.5) is 5.69 Å². The Hall–Kier alpha value is -2.58. The molecule has 0 aliphatic carbocycles. The van der Waals surface area contributed by atoms with Crippen LogP contribution in [0.15, 0.2) is 36.7 Å². The highest BCUT2D eigenvalue weighted by Gasteiger charge is 2.13. The molecule has 2 rings (SSSR count). The molecule has 0 aliphatic heterocycles. The lowest BCUT2D eigenvalue weighted by Crippen LogP contribution is -2.13. The number of methoxy groups -OCH3 is 1. The van der Waals surface area contributed by atoms with Crippen LogP contribution >= 0.6 is 11.6 Å². The van der Waals surface area contributed by atoms with Crippen molar-refractivity contribution in [3.63, 3.8) is 0 Å². The number of anilines is 1. The van der Waals surface area contributed by atoms with Crippen LogP contribution in [0.5, 0.6) is 5.75 Å². The smallest absolute Gasteiger partial charge is 0.257 e. The molecule has 6 heteroatoms.